The van der Waals surface area contributed by atoms with Gasteiger partial charge in [0.15, 0.2) is 0 Å². The van der Waals surface area contributed by atoms with Crippen LogP contribution in [0.2, 0.25) is 0 Å². The number of carbonyl (C=O) groups is 2. The van der Waals surface area contributed by atoms with Gasteiger partial charge in [-0.15, -0.1) is 0 Å². The van der Waals surface area contributed by atoms with Gasteiger partial charge < -0.3 is 15.2 Å². The quantitative estimate of drug-likeness (QED) is 0.904. The van der Waals surface area contributed by atoms with Crippen LogP contribution in [-0.4, -0.2) is 17.0 Å². The Morgan fingerprint density at radius 3 is 2.75 bits per heavy atom. The number of hydrogen-bond donors (Lipinski definition) is 2. The first-order valence-corrected chi connectivity index (χ1v) is 8.02. The SMILES string of the molecule is Cc1noc(C)c1[C@H](C)C(=O)N[C@@H](C)c1ccc2c(c1)CC(=O)N2. The minimum atomic E-state index is -0.337. The molecule has 2 N–H and O–H groups in total. The largest absolute Gasteiger partial charge is 0.361 e. The zero-order chi connectivity index (χ0) is 17.4. The fourth-order valence-electron chi connectivity index (χ4n) is 3.18. The van der Waals surface area contributed by atoms with Gasteiger partial charge in [-0.25, -0.2) is 0 Å². The number of benzene rings is 1. The van der Waals surface area contributed by atoms with E-state index in [9.17, 15) is 9.59 Å². The van der Waals surface area contributed by atoms with E-state index < -0.39 is 0 Å². The molecule has 3 rings (SSSR count). The molecule has 0 saturated carbocycles. The van der Waals surface area contributed by atoms with E-state index in [4.69, 9.17) is 4.52 Å². The van der Waals surface area contributed by atoms with Crippen LogP contribution in [0.4, 0.5) is 5.69 Å². The number of aromatic nitrogens is 1. The lowest BCUT2D eigenvalue weighted by molar-refractivity contribution is -0.123. The molecule has 0 aliphatic carbocycles. The van der Waals surface area contributed by atoms with Gasteiger partial charge in [-0.2, -0.15) is 0 Å². The van der Waals surface area contributed by atoms with Crippen molar-refractivity contribution >= 4 is 17.5 Å². The number of rotatable bonds is 4. The molecule has 126 valence electrons. The molecule has 0 bridgehead atoms. The van der Waals surface area contributed by atoms with Gasteiger partial charge in [-0.3, -0.25) is 9.59 Å². The first-order chi connectivity index (χ1) is 11.4. The van der Waals surface area contributed by atoms with Gasteiger partial charge in [0, 0.05) is 11.3 Å². The van der Waals surface area contributed by atoms with Crippen LogP contribution in [-0.2, 0) is 16.0 Å². The van der Waals surface area contributed by atoms with Crippen LogP contribution in [0.5, 0.6) is 0 Å². The number of aryl methyl sites for hydroxylation is 2. The molecule has 1 aliphatic rings. The van der Waals surface area contributed by atoms with Gasteiger partial charge in [-0.05, 0) is 44.9 Å². The lowest BCUT2D eigenvalue weighted by Crippen LogP contribution is -2.31. The third-order valence-electron chi connectivity index (χ3n) is 4.53. The lowest BCUT2D eigenvalue weighted by atomic mass is 9.97. The molecule has 1 aromatic carbocycles. The number of hydrogen-bond acceptors (Lipinski definition) is 4. The number of carbonyl (C=O) groups excluding carboxylic acids is 2. The number of nitrogens with zero attached hydrogens (tertiary/aromatic N) is 1. The maximum Gasteiger partial charge on any atom is 0.228 e. The molecule has 0 fully saturated rings. The van der Waals surface area contributed by atoms with Crippen molar-refractivity contribution in [3.05, 3.63) is 46.3 Å². The average Bonchev–Trinajstić information content (AvgIpc) is 3.06. The van der Waals surface area contributed by atoms with Gasteiger partial charge in [0.05, 0.1) is 24.1 Å². The Kier molecular flexibility index (Phi) is 4.13. The Morgan fingerprint density at radius 2 is 2.08 bits per heavy atom. The lowest BCUT2D eigenvalue weighted by Gasteiger charge is -2.18. The van der Waals surface area contributed by atoms with Crippen LogP contribution in [0.1, 0.15) is 54.0 Å². The third-order valence-corrected chi connectivity index (χ3v) is 4.53. The number of nitrogens with one attached hydrogen (secondary N) is 2. The van der Waals surface area contributed by atoms with E-state index in [2.05, 4.69) is 15.8 Å². The van der Waals surface area contributed by atoms with Crippen molar-refractivity contribution in [1.82, 2.24) is 10.5 Å². The maximum atomic E-state index is 12.6. The van der Waals surface area contributed by atoms with Crippen LogP contribution < -0.4 is 10.6 Å². The molecular formula is C18H21N3O3. The van der Waals surface area contributed by atoms with E-state index in [1.165, 1.54) is 0 Å². The van der Waals surface area contributed by atoms with E-state index in [1.54, 1.807) is 0 Å². The molecule has 0 saturated heterocycles. The molecule has 2 atom stereocenters. The zero-order valence-corrected chi connectivity index (χ0v) is 14.3. The predicted molar refractivity (Wildman–Crippen MR) is 89.7 cm³/mol. The Bertz CT molecular complexity index is 790. The van der Waals surface area contributed by atoms with Gasteiger partial charge in [0.25, 0.3) is 0 Å². The maximum absolute atomic E-state index is 12.6. The Hall–Kier alpha value is -2.63. The van der Waals surface area contributed by atoms with Crippen LogP contribution in [0.3, 0.4) is 0 Å². The zero-order valence-electron chi connectivity index (χ0n) is 14.3. The first kappa shape index (κ1) is 16.2. The van der Waals surface area contributed by atoms with Crippen molar-refractivity contribution < 1.29 is 14.1 Å². The van der Waals surface area contributed by atoms with E-state index in [0.29, 0.717) is 12.2 Å². The summed E-state index contributed by atoms with van der Waals surface area (Å²) in [5, 5.41) is 9.75. The second-order valence-corrected chi connectivity index (χ2v) is 6.33. The molecule has 0 radical (unpaired) electrons. The summed E-state index contributed by atoms with van der Waals surface area (Å²) < 4.78 is 5.15. The summed E-state index contributed by atoms with van der Waals surface area (Å²) in [6, 6.07) is 5.63. The molecule has 1 aromatic heterocycles. The molecular weight excluding hydrogens is 306 g/mol. The minimum Gasteiger partial charge on any atom is -0.361 e. The molecule has 2 aromatic rings. The van der Waals surface area contributed by atoms with Crippen LogP contribution in [0.15, 0.2) is 22.7 Å². The number of anilines is 1. The summed E-state index contributed by atoms with van der Waals surface area (Å²) in [6.45, 7) is 7.43. The van der Waals surface area contributed by atoms with Crippen molar-refractivity contribution in [3.63, 3.8) is 0 Å². The molecule has 0 spiro atoms. The Morgan fingerprint density at radius 1 is 1.33 bits per heavy atom. The van der Waals surface area contributed by atoms with Crippen LogP contribution >= 0.6 is 0 Å². The van der Waals surface area contributed by atoms with Crippen molar-refractivity contribution in [1.29, 1.82) is 0 Å². The highest BCUT2D eigenvalue weighted by atomic mass is 16.5. The summed E-state index contributed by atoms with van der Waals surface area (Å²) in [4.78, 5) is 24.0. The molecule has 2 heterocycles. The van der Waals surface area contributed by atoms with E-state index >= 15 is 0 Å². The van der Waals surface area contributed by atoms with Crippen molar-refractivity contribution in [2.24, 2.45) is 0 Å². The summed E-state index contributed by atoms with van der Waals surface area (Å²) in [5.41, 5.74) is 4.38. The van der Waals surface area contributed by atoms with E-state index in [0.717, 1.165) is 28.1 Å². The van der Waals surface area contributed by atoms with Crippen molar-refractivity contribution in [3.8, 4) is 0 Å². The van der Waals surface area contributed by atoms with Gasteiger partial charge >= 0.3 is 0 Å². The predicted octanol–water partition coefficient (Wildman–Crippen LogP) is 2.77. The monoisotopic (exact) mass is 327 g/mol. The molecule has 24 heavy (non-hydrogen) atoms. The highest BCUT2D eigenvalue weighted by Gasteiger charge is 2.25. The van der Waals surface area contributed by atoms with Gasteiger partial charge in [0.2, 0.25) is 11.8 Å². The Labute approximate surface area is 140 Å². The van der Waals surface area contributed by atoms with E-state index in [1.807, 2.05) is 45.9 Å². The molecule has 6 heteroatoms. The summed E-state index contributed by atoms with van der Waals surface area (Å²) in [5.74, 6) is 0.263. The highest BCUT2D eigenvalue weighted by Crippen LogP contribution is 2.28. The number of fused-ring (bicyclic) bond motifs is 1. The minimum absolute atomic E-state index is 0.00543. The Balaban J connectivity index is 1.73. The van der Waals surface area contributed by atoms with Crippen LogP contribution in [0, 0.1) is 13.8 Å². The third kappa shape index (κ3) is 2.91. The summed E-state index contributed by atoms with van der Waals surface area (Å²) in [7, 11) is 0. The first-order valence-electron chi connectivity index (χ1n) is 8.02. The van der Waals surface area contributed by atoms with Gasteiger partial charge in [0.1, 0.15) is 5.76 Å². The topological polar surface area (TPSA) is 84.2 Å². The molecule has 2 amide bonds. The fourth-order valence-corrected chi connectivity index (χ4v) is 3.18. The van der Waals surface area contributed by atoms with Crippen molar-refractivity contribution in [2.75, 3.05) is 5.32 Å². The summed E-state index contributed by atoms with van der Waals surface area (Å²) >= 11 is 0. The molecule has 6 nitrogen and oxygen atoms in total. The fraction of sp³-hybridized carbons (Fsp3) is 0.389. The van der Waals surface area contributed by atoms with E-state index in [-0.39, 0.29) is 23.8 Å². The number of amides is 2. The summed E-state index contributed by atoms with van der Waals surface area (Å²) in [6.07, 6.45) is 0.388. The second kappa shape index (κ2) is 6.11. The average molecular weight is 327 g/mol. The standard InChI is InChI=1S/C18H21N3O3/c1-9(17-11(3)21-24-12(17)4)18(23)19-10(2)13-5-6-15-14(7-13)8-16(22)20-15/h5-7,9-10H,8H2,1-4H3,(H,19,23)(H,20,22)/t9-,10-/m0/s1. The second-order valence-electron chi connectivity index (χ2n) is 6.33. The highest BCUT2D eigenvalue weighted by molar-refractivity contribution is 5.99. The smallest absolute Gasteiger partial charge is 0.228 e. The van der Waals surface area contributed by atoms with Crippen LogP contribution in [0.25, 0.3) is 0 Å². The van der Waals surface area contributed by atoms with Gasteiger partial charge in [-0.1, -0.05) is 17.3 Å². The normalized spacial score (nSPS) is 15.6. The van der Waals surface area contributed by atoms with Crippen molar-refractivity contribution in [2.45, 2.75) is 46.1 Å². The molecule has 1 aliphatic heterocycles. The molecule has 0 unspecified atom stereocenters.